The van der Waals surface area contributed by atoms with Gasteiger partial charge in [0.15, 0.2) is 0 Å². The Morgan fingerprint density at radius 1 is 1.40 bits per heavy atom. The van der Waals surface area contributed by atoms with E-state index in [1.54, 1.807) is 0 Å². The molecule has 116 valence electrons. The summed E-state index contributed by atoms with van der Waals surface area (Å²) in [5.74, 6) is -1.94. The molecule has 1 aliphatic rings. The summed E-state index contributed by atoms with van der Waals surface area (Å²) in [6, 6.07) is -1.37. The standard InChI is InChI=1S/C10H18N2O7S/c1-18-9(13)3-2-8(10(14)15)11-20(16,17)12-4-6-19-7-5-12/h8,11H,2-7H2,1H3,(H,14,15)/t8-/m1/s1. The number of morpholine rings is 1. The zero-order valence-electron chi connectivity index (χ0n) is 11.1. The van der Waals surface area contributed by atoms with Crippen molar-refractivity contribution in [3.63, 3.8) is 0 Å². The van der Waals surface area contributed by atoms with Gasteiger partial charge in [0.2, 0.25) is 0 Å². The fraction of sp³-hybridized carbons (Fsp3) is 0.800. The predicted molar refractivity (Wildman–Crippen MR) is 67.1 cm³/mol. The molecule has 1 saturated heterocycles. The van der Waals surface area contributed by atoms with Crippen LogP contribution in [0.2, 0.25) is 0 Å². The molecule has 20 heavy (non-hydrogen) atoms. The molecule has 0 radical (unpaired) electrons. The minimum atomic E-state index is -3.91. The Labute approximate surface area is 117 Å². The Kier molecular flexibility index (Phi) is 6.33. The molecule has 0 amide bonds. The Morgan fingerprint density at radius 2 is 2.00 bits per heavy atom. The molecule has 2 N–H and O–H groups in total. The number of methoxy groups -OCH3 is 1. The van der Waals surface area contributed by atoms with Crippen LogP contribution in [-0.4, -0.2) is 69.2 Å². The summed E-state index contributed by atoms with van der Waals surface area (Å²) < 4.78 is 36.6. The van der Waals surface area contributed by atoms with E-state index in [1.807, 2.05) is 0 Å². The molecule has 0 aromatic rings. The lowest BCUT2D eigenvalue weighted by Crippen LogP contribution is -2.51. The molecular weight excluding hydrogens is 292 g/mol. The largest absolute Gasteiger partial charge is 0.480 e. The van der Waals surface area contributed by atoms with Gasteiger partial charge < -0.3 is 14.6 Å². The third-order valence-electron chi connectivity index (χ3n) is 2.76. The van der Waals surface area contributed by atoms with Crippen molar-refractivity contribution in [2.24, 2.45) is 0 Å². The number of carbonyl (C=O) groups is 2. The highest BCUT2D eigenvalue weighted by atomic mass is 32.2. The first-order valence-electron chi connectivity index (χ1n) is 6.01. The molecule has 9 nitrogen and oxygen atoms in total. The molecule has 0 bridgehead atoms. The highest BCUT2D eigenvalue weighted by molar-refractivity contribution is 7.87. The number of hydrogen-bond acceptors (Lipinski definition) is 6. The number of nitrogens with zero attached hydrogens (tertiary/aromatic N) is 1. The molecule has 1 aliphatic heterocycles. The summed E-state index contributed by atoms with van der Waals surface area (Å²) >= 11 is 0. The van der Waals surface area contributed by atoms with Crippen LogP contribution < -0.4 is 4.72 Å². The van der Waals surface area contributed by atoms with Gasteiger partial charge in [0.25, 0.3) is 10.2 Å². The van der Waals surface area contributed by atoms with Crippen molar-refractivity contribution in [2.45, 2.75) is 18.9 Å². The lowest BCUT2D eigenvalue weighted by molar-refractivity contribution is -0.142. The fourth-order valence-corrected chi connectivity index (χ4v) is 3.00. The van der Waals surface area contributed by atoms with Crippen LogP contribution in [0.5, 0.6) is 0 Å². The highest BCUT2D eigenvalue weighted by Crippen LogP contribution is 2.07. The van der Waals surface area contributed by atoms with E-state index in [9.17, 15) is 18.0 Å². The van der Waals surface area contributed by atoms with Gasteiger partial charge in [0.05, 0.1) is 20.3 Å². The third-order valence-corrected chi connectivity index (χ3v) is 4.39. The number of esters is 1. The molecule has 1 heterocycles. The van der Waals surface area contributed by atoms with E-state index in [0.29, 0.717) is 0 Å². The maximum absolute atomic E-state index is 12.0. The van der Waals surface area contributed by atoms with Gasteiger partial charge in [0, 0.05) is 19.5 Å². The van der Waals surface area contributed by atoms with Crippen molar-refractivity contribution in [1.29, 1.82) is 0 Å². The number of hydrogen-bond donors (Lipinski definition) is 2. The lowest BCUT2D eigenvalue weighted by atomic mass is 10.2. The monoisotopic (exact) mass is 310 g/mol. The number of ether oxygens (including phenoxy) is 2. The summed E-state index contributed by atoms with van der Waals surface area (Å²) in [5, 5.41) is 9.00. The van der Waals surface area contributed by atoms with E-state index in [4.69, 9.17) is 9.84 Å². The third kappa shape index (κ3) is 5.04. The number of carboxylic acids is 1. The number of nitrogens with one attached hydrogen (secondary N) is 1. The van der Waals surface area contributed by atoms with E-state index in [2.05, 4.69) is 9.46 Å². The van der Waals surface area contributed by atoms with Gasteiger partial charge in [-0.15, -0.1) is 0 Å². The second-order valence-electron chi connectivity index (χ2n) is 4.14. The van der Waals surface area contributed by atoms with Crippen LogP contribution >= 0.6 is 0 Å². The summed E-state index contributed by atoms with van der Waals surface area (Å²) in [5.41, 5.74) is 0. The average molecular weight is 310 g/mol. The van der Waals surface area contributed by atoms with Gasteiger partial charge in [-0.05, 0) is 6.42 Å². The van der Waals surface area contributed by atoms with Crippen molar-refractivity contribution in [1.82, 2.24) is 9.03 Å². The van der Waals surface area contributed by atoms with Crippen molar-refractivity contribution in [3.05, 3.63) is 0 Å². The average Bonchev–Trinajstić information content (AvgIpc) is 2.43. The van der Waals surface area contributed by atoms with Crippen LogP contribution in [0.3, 0.4) is 0 Å². The molecule has 10 heteroatoms. The quantitative estimate of drug-likeness (QED) is 0.552. The first kappa shape index (κ1) is 16.8. The van der Waals surface area contributed by atoms with Crippen LogP contribution in [0.4, 0.5) is 0 Å². The van der Waals surface area contributed by atoms with Crippen LogP contribution in [0, 0.1) is 0 Å². The summed E-state index contributed by atoms with van der Waals surface area (Å²) in [4.78, 5) is 22.0. The molecule has 0 aromatic heterocycles. The van der Waals surface area contributed by atoms with E-state index in [1.165, 1.54) is 7.11 Å². The molecule has 1 fully saturated rings. The Hall–Kier alpha value is -1.23. The van der Waals surface area contributed by atoms with Crippen LogP contribution in [0.25, 0.3) is 0 Å². The molecule has 1 atom stereocenters. The number of aliphatic carboxylic acids is 1. The molecule has 1 rings (SSSR count). The predicted octanol–water partition coefficient (Wildman–Crippen LogP) is -1.44. The van der Waals surface area contributed by atoms with E-state index in [-0.39, 0.29) is 39.1 Å². The normalized spacial score (nSPS) is 18.4. The fourth-order valence-electron chi connectivity index (χ4n) is 1.64. The van der Waals surface area contributed by atoms with E-state index < -0.39 is 28.2 Å². The smallest absolute Gasteiger partial charge is 0.321 e. The Bertz CT molecular complexity index is 445. The molecule has 0 aromatic carbocycles. The second-order valence-corrected chi connectivity index (χ2v) is 5.84. The number of carbonyl (C=O) groups excluding carboxylic acids is 1. The first-order chi connectivity index (χ1) is 9.36. The van der Waals surface area contributed by atoms with E-state index >= 15 is 0 Å². The van der Waals surface area contributed by atoms with Crippen molar-refractivity contribution < 1.29 is 32.6 Å². The summed E-state index contributed by atoms with van der Waals surface area (Å²) in [6.45, 7) is 0.860. The van der Waals surface area contributed by atoms with Crippen LogP contribution in [-0.2, 0) is 29.3 Å². The van der Waals surface area contributed by atoms with Crippen LogP contribution in [0.1, 0.15) is 12.8 Å². The van der Waals surface area contributed by atoms with E-state index in [0.717, 1.165) is 4.31 Å². The van der Waals surface area contributed by atoms with Gasteiger partial charge in [-0.25, -0.2) is 0 Å². The Balaban J connectivity index is 2.63. The maximum atomic E-state index is 12.0. The van der Waals surface area contributed by atoms with Gasteiger partial charge in [-0.2, -0.15) is 17.4 Å². The lowest BCUT2D eigenvalue weighted by Gasteiger charge is -2.27. The highest BCUT2D eigenvalue weighted by Gasteiger charge is 2.30. The van der Waals surface area contributed by atoms with Gasteiger partial charge in [0.1, 0.15) is 6.04 Å². The zero-order valence-corrected chi connectivity index (χ0v) is 11.9. The van der Waals surface area contributed by atoms with Crippen molar-refractivity contribution in [3.8, 4) is 0 Å². The Morgan fingerprint density at radius 3 is 2.50 bits per heavy atom. The molecular formula is C10H18N2O7S. The number of carboxylic acid groups (broad SMARTS) is 1. The summed E-state index contributed by atoms with van der Waals surface area (Å²) in [7, 11) is -2.74. The SMILES string of the molecule is COC(=O)CC[C@@H](NS(=O)(=O)N1CCOCC1)C(=O)O. The van der Waals surface area contributed by atoms with Gasteiger partial charge in [-0.3, -0.25) is 9.59 Å². The first-order valence-corrected chi connectivity index (χ1v) is 7.45. The van der Waals surface area contributed by atoms with Gasteiger partial charge in [-0.1, -0.05) is 0 Å². The molecule has 0 spiro atoms. The zero-order chi connectivity index (χ0) is 15.2. The molecule has 0 aliphatic carbocycles. The minimum absolute atomic E-state index is 0.165. The van der Waals surface area contributed by atoms with Crippen LogP contribution in [0.15, 0.2) is 0 Å². The number of rotatable bonds is 7. The maximum Gasteiger partial charge on any atom is 0.321 e. The topological polar surface area (TPSA) is 122 Å². The van der Waals surface area contributed by atoms with Crippen molar-refractivity contribution >= 4 is 22.1 Å². The summed E-state index contributed by atoms with van der Waals surface area (Å²) in [6.07, 6.45) is -0.356. The minimum Gasteiger partial charge on any atom is -0.480 e. The molecule has 0 saturated carbocycles. The van der Waals surface area contributed by atoms with Gasteiger partial charge >= 0.3 is 11.9 Å². The molecule has 0 unspecified atom stereocenters. The van der Waals surface area contributed by atoms with Crippen molar-refractivity contribution in [2.75, 3.05) is 33.4 Å². The second kappa shape index (κ2) is 7.53.